The van der Waals surface area contributed by atoms with E-state index in [2.05, 4.69) is 0 Å². The number of fused-ring (bicyclic) bond motifs is 9. The Bertz CT molecular complexity index is 4230. The fourth-order valence-corrected chi connectivity index (χ4v) is 8.22. The van der Waals surface area contributed by atoms with Gasteiger partial charge in [0.25, 0.3) is 0 Å². The Kier molecular flexibility index (Phi) is 5.01. The van der Waals surface area contributed by atoms with E-state index in [0.717, 1.165) is 24.3 Å². The van der Waals surface area contributed by atoms with Crippen molar-refractivity contribution in [2.75, 3.05) is 0 Å². The van der Waals surface area contributed by atoms with Gasteiger partial charge in [-0.3, -0.25) is 0 Å². The van der Waals surface area contributed by atoms with Gasteiger partial charge < -0.3 is 13.7 Å². The molecule has 6 heteroatoms. The van der Waals surface area contributed by atoms with Crippen LogP contribution in [0.2, 0.25) is 0 Å². The molecule has 0 aliphatic rings. The maximum absolute atomic E-state index is 14.4. The van der Waals surface area contributed by atoms with Crippen LogP contribution in [0.1, 0.15) is 19.2 Å². The van der Waals surface area contributed by atoms with Crippen LogP contribution in [0, 0.1) is 17.5 Å². The minimum atomic E-state index is -0.583. The average molecular weight is 794 g/mol. The van der Waals surface area contributed by atoms with E-state index < -0.39 is 90.0 Å². The molecule has 0 amide bonds. The third-order valence-corrected chi connectivity index (χ3v) is 10.9. The van der Waals surface area contributed by atoms with Crippen molar-refractivity contribution >= 4 is 65.4 Å². The fraction of sp³-hybridized carbons (Fsp3) is 0. The third-order valence-electron chi connectivity index (χ3n) is 10.9. The molecule has 60 heavy (non-hydrogen) atoms. The van der Waals surface area contributed by atoms with Crippen molar-refractivity contribution in [2.45, 2.75) is 0 Å². The van der Waals surface area contributed by atoms with E-state index in [0.29, 0.717) is 27.5 Å². The maximum Gasteiger partial charge on any atom is 0.123 e. The molecule has 12 aromatic rings. The molecule has 3 heterocycles. The van der Waals surface area contributed by atoms with Crippen LogP contribution in [0.25, 0.3) is 105 Å². The number of aromatic nitrogens is 3. The molecule has 3 aromatic heterocycles. The van der Waals surface area contributed by atoms with E-state index in [1.807, 2.05) is 4.57 Å². The quantitative estimate of drug-likeness (QED) is 0.165. The number of rotatable bonds is 5. The molecule has 9 aromatic carbocycles. The van der Waals surface area contributed by atoms with Crippen LogP contribution in [0.5, 0.6) is 0 Å². The third kappa shape index (κ3) is 5.24. The van der Waals surface area contributed by atoms with Crippen LogP contribution < -0.4 is 0 Å². The molecule has 0 bridgehead atoms. The highest BCUT2D eigenvalue weighted by atomic mass is 19.1. The van der Waals surface area contributed by atoms with E-state index in [9.17, 15) is 21.4 Å². The topological polar surface area (TPSA) is 14.8 Å². The molecule has 0 saturated heterocycles. The summed E-state index contributed by atoms with van der Waals surface area (Å²) in [5, 5.41) is 0.735. The molecular formula is C54H32F3N3. The van der Waals surface area contributed by atoms with Crippen LogP contribution in [0.15, 0.2) is 194 Å². The smallest absolute Gasteiger partial charge is 0.123 e. The van der Waals surface area contributed by atoms with Gasteiger partial charge in [-0.2, -0.15) is 0 Å². The lowest BCUT2D eigenvalue weighted by Gasteiger charge is -2.10. The Hall–Kier alpha value is -7.83. The van der Waals surface area contributed by atoms with Crippen LogP contribution in [0.4, 0.5) is 13.2 Å². The van der Waals surface area contributed by atoms with Crippen molar-refractivity contribution in [3.05, 3.63) is 211 Å². The normalized spacial score (nSPS) is 15.2. The second-order valence-electron chi connectivity index (χ2n) is 14.3. The van der Waals surface area contributed by atoms with E-state index in [-0.39, 0.29) is 89.3 Å². The number of hydrogen-bond acceptors (Lipinski definition) is 0. The summed E-state index contributed by atoms with van der Waals surface area (Å²) in [6.07, 6.45) is 0. The summed E-state index contributed by atoms with van der Waals surface area (Å²) in [5.41, 5.74) is 2.24. The summed E-state index contributed by atoms with van der Waals surface area (Å²) in [7, 11) is 0. The van der Waals surface area contributed by atoms with Gasteiger partial charge in [-0.1, -0.05) is 60.5 Å². The van der Waals surface area contributed by atoms with Crippen molar-refractivity contribution < 1.29 is 32.4 Å². The molecule has 0 fully saturated rings. The van der Waals surface area contributed by atoms with Crippen molar-refractivity contribution in [3.63, 3.8) is 0 Å². The van der Waals surface area contributed by atoms with E-state index in [4.69, 9.17) is 11.0 Å². The number of para-hydroxylation sites is 2. The van der Waals surface area contributed by atoms with Crippen LogP contribution >= 0.6 is 0 Å². The Morgan fingerprint density at radius 1 is 0.300 bits per heavy atom. The summed E-state index contributed by atoms with van der Waals surface area (Å²) in [4.78, 5) is 0. The number of nitrogens with zero attached hydrogens (tertiary/aromatic N) is 3. The molecular weight excluding hydrogens is 748 g/mol. The molecule has 284 valence electrons. The molecule has 0 spiro atoms. The molecule has 0 unspecified atom stereocenters. The second-order valence-corrected chi connectivity index (χ2v) is 14.3. The molecule has 12 rings (SSSR count). The molecule has 0 saturated carbocycles. The predicted octanol–water partition coefficient (Wildman–Crippen LogP) is 14.7. The lowest BCUT2D eigenvalue weighted by Crippen LogP contribution is -1.94. The monoisotopic (exact) mass is 793 g/mol. The standard InChI is InChI=1S/C54H32F3N3/c55-37-13-19-40(20-14-37)58-49-7-3-1-5-43(49)45-29-33(9-25-51(45)58)35-11-27-53-47(31-35)48-32-36(12-28-54(48)60(53)42-23-17-39(57)18-24-42)34-10-26-52-46(30-34)44-6-2-4-8-50(44)59(52)41-21-15-38(56)16-22-41/h1-32H/i1D,2D,3D,4D,5D,6D,7D,8D,9D,10D,25D,26D,29D,30D. The molecule has 0 radical (unpaired) electrons. The first-order chi connectivity index (χ1) is 35.3. The van der Waals surface area contributed by atoms with Gasteiger partial charge >= 0.3 is 0 Å². The van der Waals surface area contributed by atoms with Gasteiger partial charge in [0.15, 0.2) is 0 Å². The predicted molar refractivity (Wildman–Crippen MR) is 240 cm³/mol. The minimum Gasteiger partial charge on any atom is -0.309 e. The zero-order valence-electron chi connectivity index (χ0n) is 44.9. The van der Waals surface area contributed by atoms with Crippen molar-refractivity contribution in [3.8, 4) is 39.3 Å². The Labute approximate surface area is 361 Å². The molecule has 0 N–H and O–H groups in total. The number of halogens is 3. The van der Waals surface area contributed by atoms with Crippen LogP contribution in [0.3, 0.4) is 0 Å². The van der Waals surface area contributed by atoms with E-state index in [1.165, 1.54) is 45.5 Å². The van der Waals surface area contributed by atoms with Crippen LogP contribution in [-0.4, -0.2) is 13.7 Å². The Morgan fingerprint density at radius 2 is 0.650 bits per heavy atom. The highest BCUT2D eigenvalue weighted by molar-refractivity contribution is 6.14. The highest BCUT2D eigenvalue weighted by Crippen LogP contribution is 2.41. The van der Waals surface area contributed by atoms with Crippen molar-refractivity contribution in [2.24, 2.45) is 0 Å². The molecule has 0 aliphatic carbocycles. The summed E-state index contributed by atoms with van der Waals surface area (Å²) >= 11 is 0. The number of benzene rings is 9. The Morgan fingerprint density at radius 3 is 1.05 bits per heavy atom. The Balaban J connectivity index is 1.16. The first kappa shape index (κ1) is 22.9. The van der Waals surface area contributed by atoms with Gasteiger partial charge in [0.05, 0.1) is 52.3 Å². The van der Waals surface area contributed by atoms with Gasteiger partial charge in [0, 0.05) is 49.4 Å². The minimum absolute atomic E-state index is 0.0402. The van der Waals surface area contributed by atoms with E-state index >= 15 is 0 Å². The lowest BCUT2D eigenvalue weighted by molar-refractivity contribution is 0.627. The van der Waals surface area contributed by atoms with Crippen molar-refractivity contribution in [1.82, 2.24) is 13.7 Å². The summed E-state index contributed by atoms with van der Waals surface area (Å²) in [6, 6.07) is 19.4. The molecule has 0 atom stereocenters. The maximum atomic E-state index is 14.4. The highest BCUT2D eigenvalue weighted by Gasteiger charge is 2.18. The van der Waals surface area contributed by atoms with Gasteiger partial charge in [0.1, 0.15) is 17.5 Å². The summed E-state index contributed by atoms with van der Waals surface area (Å²) in [6.45, 7) is 0. The number of hydrogen-bond donors (Lipinski definition) is 0. The molecule has 0 aliphatic heterocycles. The van der Waals surface area contributed by atoms with E-state index in [1.54, 1.807) is 48.5 Å². The van der Waals surface area contributed by atoms with Gasteiger partial charge in [-0.25, -0.2) is 13.2 Å². The molecule has 3 nitrogen and oxygen atoms in total. The first-order valence-electron chi connectivity index (χ1n) is 25.8. The second kappa shape index (κ2) is 13.1. The largest absolute Gasteiger partial charge is 0.309 e. The van der Waals surface area contributed by atoms with Gasteiger partial charge in [-0.05, 0) is 156 Å². The van der Waals surface area contributed by atoms with Gasteiger partial charge in [-0.15, -0.1) is 0 Å². The zero-order chi connectivity index (χ0) is 52.2. The average Bonchev–Trinajstić information content (AvgIpc) is 4.07. The first-order valence-corrected chi connectivity index (χ1v) is 18.8. The SMILES string of the molecule is [2H]c1c([2H])c([2H])c2c(c1[2H])c1c([2H])c(-c3ccc4c(c3)c3cc(-c5c([2H])c([2H])c6c(c5[2H])c5c([2H])c([2H])c([2H])c([2H])c5n6-c5ccc(F)cc5)ccc3n4-c3ccc(F)cc3)c([2H])c([2H])c1n2-c1ccc(F)cc1. The van der Waals surface area contributed by atoms with Gasteiger partial charge in [0.2, 0.25) is 0 Å². The zero-order valence-corrected chi connectivity index (χ0v) is 30.9. The van der Waals surface area contributed by atoms with Crippen LogP contribution in [-0.2, 0) is 0 Å². The fourth-order valence-electron chi connectivity index (χ4n) is 8.22. The lowest BCUT2D eigenvalue weighted by atomic mass is 9.98. The summed E-state index contributed by atoms with van der Waals surface area (Å²) < 4.78 is 175. The summed E-state index contributed by atoms with van der Waals surface area (Å²) in [5.74, 6) is -1.65. The van der Waals surface area contributed by atoms with Crippen molar-refractivity contribution in [1.29, 1.82) is 0 Å².